The lowest BCUT2D eigenvalue weighted by Gasteiger charge is -2.37. The molecule has 0 radical (unpaired) electrons. The van der Waals surface area contributed by atoms with Gasteiger partial charge in [-0.2, -0.15) is 15.3 Å². The van der Waals surface area contributed by atoms with Crippen molar-refractivity contribution in [2.45, 2.75) is 25.4 Å². The van der Waals surface area contributed by atoms with E-state index in [1.807, 2.05) is 30.1 Å². The first-order valence-corrected chi connectivity index (χ1v) is 10.7. The Kier molecular flexibility index (Phi) is 5.30. The highest BCUT2D eigenvalue weighted by atomic mass is 15.3. The van der Waals surface area contributed by atoms with Gasteiger partial charge in [-0.25, -0.2) is 0 Å². The van der Waals surface area contributed by atoms with Crippen molar-refractivity contribution in [1.29, 1.82) is 0 Å². The van der Waals surface area contributed by atoms with Gasteiger partial charge in [-0.3, -0.25) is 9.58 Å². The van der Waals surface area contributed by atoms with E-state index in [9.17, 15) is 0 Å². The molecule has 0 saturated carbocycles. The van der Waals surface area contributed by atoms with E-state index in [0.717, 1.165) is 60.5 Å². The molecule has 0 aliphatic carbocycles. The highest BCUT2D eigenvalue weighted by Gasteiger charge is 2.25. The first-order valence-electron chi connectivity index (χ1n) is 10.7. The van der Waals surface area contributed by atoms with Crippen LogP contribution in [-0.2, 0) is 13.6 Å². The number of aromatic nitrogens is 6. The quantitative estimate of drug-likeness (QED) is 0.497. The van der Waals surface area contributed by atoms with E-state index in [0.29, 0.717) is 6.04 Å². The van der Waals surface area contributed by atoms with Gasteiger partial charge in [0.1, 0.15) is 5.69 Å². The smallest absolute Gasteiger partial charge is 0.159 e. The number of piperidine rings is 1. The molecular weight excluding hydrogens is 388 g/mol. The van der Waals surface area contributed by atoms with Gasteiger partial charge >= 0.3 is 0 Å². The second kappa shape index (κ2) is 8.39. The van der Waals surface area contributed by atoms with Crippen LogP contribution < -0.4 is 4.90 Å². The van der Waals surface area contributed by atoms with E-state index in [2.05, 4.69) is 66.6 Å². The molecule has 158 valence electrons. The summed E-state index contributed by atoms with van der Waals surface area (Å²) in [6, 6.07) is 13.0. The average Bonchev–Trinajstić information content (AvgIpc) is 3.24. The van der Waals surface area contributed by atoms with E-state index in [1.54, 1.807) is 12.4 Å². The predicted molar refractivity (Wildman–Crippen MR) is 120 cm³/mol. The van der Waals surface area contributed by atoms with Crippen molar-refractivity contribution in [3.63, 3.8) is 0 Å². The van der Waals surface area contributed by atoms with Gasteiger partial charge in [0.05, 0.1) is 11.9 Å². The number of nitrogens with zero attached hydrogens (tertiary/aromatic N) is 8. The number of hydrogen-bond acceptors (Lipinski definition) is 7. The lowest BCUT2D eigenvalue weighted by Crippen LogP contribution is -2.43. The molecule has 4 aromatic rings. The standard InChI is InChI=1S/C23H26N8/c1-29(16-17-7-11-24-25-15-17)18-9-13-31(14-10-18)23-20-6-4-3-5-19(20)22(27-28-23)21-8-12-26-30(21)2/h3-8,11-12,15,18H,9-10,13-14,16H2,1-2H3. The van der Waals surface area contributed by atoms with Gasteiger partial charge in [0, 0.05) is 55.9 Å². The van der Waals surface area contributed by atoms with Crippen LogP contribution in [0.2, 0.25) is 0 Å². The highest BCUT2D eigenvalue weighted by Crippen LogP contribution is 2.32. The molecule has 0 bridgehead atoms. The lowest BCUT2D eigenvalue weighted by molar-refractivity contribution is 0.200. The predicted octanol–water partition coefficient (Wildman–Crippen LogP) is 2.92. The highest BCUT2D eigenvalue weighted by molar-refractivity contribution is 5.99. The Morgan fingerprint density at radius 2 is 1.77 bits per heavy atom. The molecule has 0 spiro atoms. The van der Waals surface area contributed by atoms with Gasteiger partial charge in [-0.1, -0.05) is 24.3 Å². The summed E-state index contributed by atoms with van der Waals surface area (Å²) in [6.07, 6.45) is 7.58. The molecule has 31 heavy (non-hydrogen) atoms. The van der Waals surface area contributed by atoms with Gasteiger partial charge in [-0.15, -0.1) is 10.2 Å². The zero-order valence-electron chi connectivity index (χ0n) is 17.9. The van der Waals surface area contributed by atoms with Gasteiger partial charge < -0.3 is 4.90 Å². The van der Waals surface area contributed by atoms with Crippen LogP contribution in [0.25, 0.3) is 22.2 Å². The lowest BCUT2D eigenvalue weighted by atomic mass is 10.0. The largest absolute Gasteiger partial charge is 0.354 e. The van der Waals surface area contributed by atoms with Gasteiger partial charge in [0.15, 0.2) is 5.82 Å². The molecular formula is C23H26N8. The minimum Gasteiger partial charge on any atom is -0.354 e. The van der Waals surface area contributed by atoms with Crippen molar-refractivity contribution in [2.75, 3.05) is 25.0 Å². The van der Waals surface area contributed by atoms with E-state index >= 15 is 0 Å². The minimum atomic E-state index is 0.539. The molecule has 0 N–H and O–H groups in total. The van der Waals surface area contributed by atoms with Crippen LogP contribution in [0.5, 0.6) is 0 Å². The van der Waals surface area contributed by atoms with Crippen LogP contribution in [0.15, 0.2) is 55.0 Å². The summed E-state index contributed by atoms with van der Waals surface area (Å²) in [6.45, 7) is 2.82. The monoisotopic (exact) mass is 414 g/mol. The van der Waals surface area contributed by atoms with Crippen molar-refractivity contribution in [2.24, 2.45) is 7.05 Å². The Morgan fingerprint density at radius 1 is 0.968 bits per heavy atom. The van der Waals surface area contributed by atoms with Gasteiger partial charge in [0.25, 0.3) is 0 Å². The third kappa shape index (κ3) is 3.86. The van der Waals surface area contributed by atoms with Crippen LogP contribution in [0.1, 0.15) is 18.4 Å². The van der Waals surface area contributed by atoms with E-state index in [-0.39, 0.29) is 0 Å². The normalized spacial score (nSPS) is 15.1. The van der Waals surface area contributed by atoms with Crippen LogP contribution in [0.3, 0.4) is 0 Å². The maximum absolute atomic E-state index is 4.67. The molecule has 5 rings (SSSR count). The van der Waals surface area contributed by atoms with Crippen LogP contribution in [0, 0.1) is 0 Å². The summed E-state index contributed by atoms with van der Waals surface area (Å²) < 4.78 is 1.84. The maximum atomic E-state index is 4.67. The molecule has 0 atom stereocenters. The maximum Gasteiger partial charge on any atom is 0.159 e. The molecule has 1 aliphatic rings. The molecule has 0 unspecified atom stereocenters. The molecule has 8 nitrogen and oxygen atoms in total. The molecule has 1 aromatic carbocycles. The van der Waals surface area contributed by atoms with Crippen molar-refractivity contribution >= 4 is 16.6 Å². The Hall–Kier alpha value is -3.39. The van der Waals surface area contributed by atoms with Crippen molar-refractivity contribution in [3.8, 4) is 11.4 Å². The van der Waals surface area contributed by atoms with E-state index < -0.39 is 0 Å². The Labute approximate surface area is 181 Å². The summed E-state index contributed by atoms with van der Waals surface area (Å²) in [5, 5.41) is 23.7. The second-order valence-corrected chi connectivity index (χ2v) is 8.14. The van der Waals surface area contributed by atoms with Gasteiger partial charge in [-0.05, 0) is 37.6 Å². The first kappa shape index (κ1) is 19.6. The molecule has 1 saturated heterocycles. The average molecular weight is 415 g/mol. The molecule has 0 amide bonds. The Balaban J connectivity index is 1.35. The fraction of sp³-hybridized carbons (Fsp3) is 0.348. The van der Waals surface area contributed by atoms with Gasteiger partial charge in [0.2, 0.25) is 0 Å². The summed E-state index contributed by atoms with van der Waals surface area (Å²) in [5.74, 6) is 0.973. The van der Waals surface area contributed by atoms with Crippen LogP contribution in [-0.4, -0.2) is 61.3 Å². The zero-order chi connectivity index (χ0) is 21.2. The molecule has 3 aromatic heterocycles. The summed E-state index contributed by atoms with van der Waals surface area (Å²) in [4.78, 5) is 4.80. The fourth-order valence-corrected chi connectivity index (χ4v) is 4.47. The summed E-state index contributed by atoms with van der Waals surface area (Å²) >= 11 is 0. The number of hydrogen-bond donors (Lipinski definition) is 0. The van der Waals surface area contributed by atoms with Crippen LogP contribution >= 0.6 is 0 Å². The third-order valence-corrected chi connectivity index (χ3v) is 6.20. The summed E-state index contributed by atoms with van der Waals surface area (Å²) in [5.41, 5.74) is 3.05. The molecule has 8 heteroatoms. The number of rotatable bonds is 5. The fourth-order valence-electron chi connectivity index (χ4n) is 4.47. The Bertz CT molecular complexity index is 1160. The molecule has 1 fully saturated rings. The second-order valence-electron chi connectivity index (χ2n) is 8.14. The third-order valence-electron chi connectivity index (χ3n) is 6.20. The first-order chi connectivity index (χ1) is 15.2. The number of anilines is 1. The number of fused-ring (bicyclic) bond motifs is 1. The van der Waals surface area contributed by atoms with Crippen molar-refractivity contribution < 1.29 is 0 Å². The Morgan fingerprint density at radius 3 is 2.48 bits per heavy atom. The topological polar surface area (TPSA) is 75.9 Å². The van der Waals surface area contributed by atoms with E-state index in [1.165, 1.54) is 5.56 Å². The van der Waals surface area contributed by atoms with Crippen LogP contribution in [0.4, 0.5) is 5.82 Å². The zero-order valence-corrected chi connectivity index (χ0v) is 17.9. The number of benzene rings is 1. The SMILES string of the molecule is CN(Cc1ccnnc1)C1CCN(c2nnc(-c3ccnn3C)c3ccccc23)CC1. The summed E-state index contributed by atoms with van der Waals surface area (Å²) in [7, 11) is 4.13. The van der Waals surface area contributed by atoms with Crippen molar-refractivity contribution in [3.05, 3.63) is 60.6 Å². The molecule has 1 aliphatic heterocycles. The van der Waals surface area contributed by atoms with Crippen molar-refractivity contribution in [1.82, 2.24) is 35.1 Å². The van der Waals surface area contributed by atoms with E-state index in [4.69, 9.17) is 0 Å². The minimum absolute atomic E-state index is 0.539. The molecule has 4 heterocycles. The number of aryl methyl sites for hydroxylation is 1.